The SMILES string of the molecule is C=C(C)N=C(C)C(=C)NC(C)C. The van der Waals surface area contributed by atoms with E-state index in [2.05, 4.69) is 37.3 Å². The first-order chi connectivity index (χ1) is 5.43. The Morgan fingerprint density at radius 1 is 1.25 bits per heavy atom. The average Bonchev–Trinajstić information content (AvgIpc) is 1.84. The van der Waals surface area contributed by atoms with Crippen molar-refractivity contribution >= 4 is 5.71 Å². The fraction of sp³-hybridized carbons (Fsp3) is 0.500. The lowest BCUT2D eigenvalue weighted by Gasteiger charge is -2.12. The molecule has 0 unspecified atom stereocenters. The molecule has 0 amide bonds. The Hall–Kier alpha value is -1.05. The maximum absolute atomic E-state index is 4.19. The highest BCUT2D eigenvalue weighted by molar-refractivity contribution is 5.97. The van der Waals surface area contributed by atoms with E-state index in [-0.39, 0.29) is 0 Å². The summed E-state index contributed by atoms with van der Waals surface area (Å²) in [5.74, 6) is 0. The van der Waals surface area contributed by atoms with E-state index >= 15 is 0 Å². The van der Waals surface area contributed by atoms with Gasteiger partial charge < -0.3 is 5.32 Å². The van der Waals surface area contributed by atoms with Crippen molar-refractivity contribution in [3.05, 3.63) is 24.6 Å². The standard InChI is InChI=1S/C10H18N2/c1-7(2)11-9(5)10(6)12-8(3)4/h8,12H,1,6H2,2-5H3. The third-order valence-electron chi connectivity index (χ3n) is 1.26. The Balaban J connectivity index is 4.20. The minimum Gasteiger partial charge on any atom is -0.382 e. The monoisotopic (exact) mass is 166 g/mol. The van der Waals surface area contributed by atoms with Gasteiger partial charge in [0.25, 0.3) is 0 Å². The summed E-state index contributed by atoms with van der Waals surface area (Å²) >= 11 is 0. The third-order valence-corrected chi connectivity index (χ3v) is 1.26. The van der Waals surface area contributed by atoms with Crippen LogP contribution in [0, 0.1) is 0 Å². The van der Waals surface area contributed by atoms with E-state index in [0.29, 0.717) is 6.04 Å². The van der Waals surface area contributed by atoms with Crippen LogP contribution in [-0.2, 0) is 0 Å². The molecule has 0 heterocycles. The Labute approximate surface area is 75.1 Å². The molecular formula is C10H18N2. The third kappa shape index (κ3) is 4.72. The zero-order valence-corrected chi connectivity index (χ0v) is 8.44. The van der Waals surface area contributed by atoms with E-state index in [9.17, 15) is 0 Å². The van der Waals surface area contributed by atoms with Crippen molar-refractivity contribution in [2.24, 2.45) is 4.99 Å². The first kappa shape index (κ1) is 11.0. The molecule has 0 bridgehead atoms. The van der Waals surface area contributed by atoms with Gasteiger partial charge in [0.1, 0.15) is 0 Å². The summed E-state index contributed by atoms with van der Waals surface area (Å²) in [6.07, 6.45) is 0. The lowest BCUT2D eigenvalue weighted by Crippen LogP contribution is -2.25. The van der Waals surface area contributed by atoms with Crippen LogP contribution in [-0.4, -0.2) is 11.8 Å². The quantitative estimate of drug-likeness (QED) is 0.637. The highest BCUT2D eigenvalue weighted by Gasteiger charge is 1.99. The van der Waals surface area contributed by atoms with Crippen LogP contribution in [0.4, 0.5) is 0 Å². The van der Waals surface area contributed by atoms with Crippen LogP contribution >= 0.6 is 0 Å². The molecule has 0 spiro atoms. The van der Waals surface area contributed by atoms with Crippen molar-refractivity contribution in [2.75, 3.05) is 0 Å². The van der Waals surface area contributed by atoms with E-state index < -0.39 is 0 Å². The molecule has 0 fully saturated rings. The Morgan fingerprint density at radius 3 is 2.08 bits per heavy atom. The number of aliphatic imine (C=N–C) groups is 1. The predicted molar refractivity (Wildman–Crippen MR) is 55.3 cm³/mol. The van der Waals surface area contributed by atoms with Gasteiger partial charge in [-0.05, 0) is 27.7 Å². The maximum Gasteiger partial charge on any atom is 0.0600 e. The van der Waals surface area contributed by atoms with Crippen molar-refractivity contribution in [1.29, 1.82) is 0 Å². The fourth-order valence-corrected chi connectivity index (χ4v) is 0.807. The molecule has 0 aromatic heterocycles. The van der Waals surface area contributed by atoms with Crippen molar-refractivity contribution in [3.8, 4) is 0 Å². The molecule has 12 heavy (non-hydrogen) atoms. The minimum atomic E-state index is 0.396. The van der Waals surface area contributed by atoms with Gasteiger partial charge >= 0.3 is 0 Å². The molecule has 0 saturated carbocycles. The van der Waals surface area contributed by atoms with E-state index in [1.165, 1.54) is 0 Å². The summed E-state index contributed by atoms with van der Waals surface area (Å²) in [6.45, 7) is 15.5. The average molecular weight is 166 g/mol. The topological polar surface area (TPSA) is 24.4 Å². The Bertz CT molecular complexity index is 212. The van der Waals surface area contributed by atoms with E-state index in [1.807, 2.05) is 13.8 Å². The molecule has 68 valence electrons. The van der Waals surface area contributed by atoms with Crippen molar-refractivity contribution in [1.82, 2.24) is 5.32 Å². The molecule has 2 heteroatoms. The van der Waals surface area contributed by atoms with Crippen LogP contribution in [0.1, 0.15) is 27.7 Å². The molecule has 0 atom stereocenters. The molecule has 0 aromatic carbocycles. The van der Waals surface area contributed by atoms with Gasteiger partial charge in [0.15, 0.2) is 0 Å². The Kier molecular flexibility index (Phi) is 4.34. The number of nitrogens with zero attached hydrogens (tertiary/aromatic N) is 1. The molecule has 0 aliphatic rings. The van der Waals surface area contributed by atoms with E-state index in [0.717, 1.165) is 17.1 Å². The first-order valence-corrected chi connectivity index (χ1v) is 4.10. The van der Waals surface area contributed by atoms with Crippen LogP contribution < -0.4 is 5.32 Å². The molecule has 0 aromatic rings. The summed E-state index contributed by atoms with van der Waals surface area (Å²) in [5.41, 5.74) is 2.57. The first-order valence-electron chi connectivity index (χ1n) is 4.10. The second kappa shape index (κ2) is 4.75. The second-order valence-corrected chi connectivity index (χ2v) is 3.21. The van der Waals surface area contributed by atoms with Gasteiger partial charge in [-0.3, -0.25) is 4.99 Å². The largest absolute Gasteiger partial charge is 0.382 e. The summed E-state index contributed by atoms with van der Waals surface area (Å²) < 4.78 is 0. The summed E-state index contributed by atoms with van der Waals surface area (Å²) in [4.78, 5) is 4.19. The number of rotatable bonds is 4. The van der Waals surface area contributed by atoms with E-state index in [1.54, 1.807) is 0 Å². The highest BCUT2D eigenvalue weighted by atomic mass is 14.9. The molecule has 0 saturated heterocycles. The second-order valence-electron chi connectivity index (χ2n) is 3.21. The smallest absolute Gasteiger partial charge is 0.0600 e. The predicted octanol–water partition coefficient (Wildman–Crippen LogP) is 2.49. The van der Waals surface area contributed by atoms with Gasteiger partial charge in [-0.2, -0.15) is 0 Å². The number of hydrogen-bond acceptors (Lipinski definition) is 2. The normalized spacial score (nSPS) is 11.6. The van der Waals surface area contributed by atoms with Crippen molar-refractivity contribution in [3.63, 3.8) is 0 Å². The lowest BCUT2D eigenvalue weighted by atomic mass is 10.3. The number of nitrogens with one attached hydrogen (secondary N) is 1. The van der Waals surface area contributed by atoms with Gasteiger partial charge in [-0.1, -0.05) is 13.2 Å². The van der Waals surface area contributed by atoms with Crippen LogP contribution in [0.15, 0.2) is 29.5 Å². The molecule has 0 radical (unpaired) electrons. The van der Waals surface area contributed by atoms with Crippen LogP contribution in [0.2, 0.25) is 0 Å². The van der Waals surface area contributed by atoms with E-state index in [4.69, 9.17) is 0 Å². The molecule has 0 aliphatic carbocycles. The summed E-state index contributed by atoms with van der Waals surface area (Å²) in [6, 6.07) is 0.396. The molecular weight excluding hydrogens is 148 g/mol. The fourth-order valence-electron chi connectivity index (χ4n) is 0.807. The molecule has 2 nitrogen and oxygen atoms in total. The van der Waals surface area contributed by atoms with Crippen LogP contribution in [0.5, 0.6) is 0 Å². The number of allylic oxidation sites excluding steroid dienone is 2. The van der Waals surface area contributed by atoms with Gasteiger partial charge in [0.05, 0.1) is 5.71 Å². The summed E-state index contributed by atoms with van der Waals surface area (Å²) in [5, 5.41) is 3.18. The zero-order chi connectivity index (χ0) is 9.72. The molecule has 0 aliphatic heterocycles. The molecule has 1 N–H and O–H groups in total. The zero-order valence-electron chi connectivity index (χ0n) is 8.44. The van der Waals surface area contributed by atoms with Crippen molar-refractivity contribution in [2.45, 2.75) is 33.7 Å². The lowest BCUT2D eigenvalue weighted by molar-refractivity contribution is 0.688. The van der Waals surface area contributed by atoms with Gasteiger partial charge in [-0.25, -0.2) is 0 Å². The van der Waals surface area contributed by atoms with Gasteiger partial charge in [0, 0.05) is 17.4 Å². The van der Waals surface area contributed by atoms with Crippen LogP contribution in [0.25, 0.3) is 0 Å². The minimum absolute atomic E-state index is 0.396. The maximum atomic E-state index is 4.19. The van der Waals surface area contributed by atoms with Gasteiger partial charge in [-0.15, -0.1) is 0 Å². The van der Waals surface area contributed by atoms with Crippen LogP contribution in [0.3, 0.4) is 0 Å². The van der Waals surface area contributed by atoms with Gasteiger partial charge in [0.2, 0.25) is 0 Å². The van der Waals surface area contributed by atoms with Crippen molar-refractivity contribution < 1.29 is 0 Å². The Morgan fingerprint density at radius 2 is 1.75 bits per heavy atom. The molecule has 0 rings (SSSR count). The number of hydrogen-bond donors (Lipinski definition) is 1. The highest BCUT2D eigenvalue weighted by Crippen LogP contribution is 1.97. The summed E-state index contributed by atoms with van der Waals surface area (Å²) in [7, 11) is 0.